The average molecular weight is 499 g/mol. The monoisotopic (exact) mass is 498 g/mol. The maximum absolute atomic E-state index is 13.0. The Balaban J connectivity index is 1.36. The molecule has 1 N–H and O–H groups in total. The van der Waals surface area contributed by atoms with Crippen LogP contribution in [0.15, 0.2) is 72.8 Å². The fourth-order valence-electron chi connectivity index (χ4n) is 4.24. The van der Waals surface area contributed by atoms with E-state index in [9.17, 15) is 4.79 Å². The first-order valence-electron chi connectivity index (χ1n) is 11.3. The number of para-hydroxylation sites is 1. The second-order valence-corrected chi connectivity index (χ2v) is 10.6. The Morgan fingerprint density at radius 1 is 0.943 bits per heavy atom. The van der Waals surface area contributed by atoms with Gasteiger partial charge in [0.05, 0.1) is 16.6 Å². The highest BCUT2D eigenvalue weighted by molar-refractivity contribution is 7.22. The summed E-state index contributed by atoms with van der Waals surface area (Å²) in [6.45, 7) is 2.38. The summed E-state index contributed by atoms with van der Waals surface area (Å²) in [4.78, 5) is 19.1. The fraction of sp³-hybridized carbons (Fsp3) is 0.143. The van der Waals surface area contributed by atoms with Crippen LogP contribution in [0.4, 0.5) is 5.00 Å². The Hall–Kier alpha value is -3.68. The van der Waals surface area contributed by atoms with E-state index < -0.39 is 0 Å². The van der Waals surface area contributed by atoms with Gasteiger partial charge in [0.25, 0.3) is 0 Å². The predicted octanol–water partition coefficient (Wildman–Crippen LogP) is 6.83. The number of thiophene rings is 1. The molecule has 6 rings (SSSR count). The molecule has 1 aliphatic rings. The molecule has 0 unspecified atom stereocenters. The van der Waals surface area contributed by atoms with E-state index in [1.807, 2.05) is 60.7 Å². The number of rotatable bonds is 6. The second kappa shape index (κ2) is 9.17. The third kappa shape index (κ3) is 4.40. The van der Waals surface area contributed by atoms with Crippen molar-refractivity contribution in [2.75, 3.05) is 12.1 Å². The van der Waals surface area contributed by atoms with Gasteiger partial charge in [0.1, 0.15) is 10.0 Å². The number of hydrogen-bond donors (Lipinski definition) is 1. The highest BCUT2D eigenvalue weighted by atomic mass is 32.1. The second-order valence-electron chi connectivity index (χ2n) is 8.42. The summed E-state index contributed by atoms with van der Waals surface area (Å²) in [5.41, 5.74) is 5.24. The van der Waals surface area contributed by atoms with Crippen LogP contribution in [0.3, 0.4) is 0 Å². The van der Waals surface area contributed by atoms with Crippen LogP contribution >= 0.6 is 22.7 Å². The van der Waals surface area contributed by atoms with Gasteiger partial charge in [-0.2, -0.15) is 0 Å². The molecule has 1 aliphatic heterocycles. The molecule has 174 valence electrons. The van der Waals surface area contributed by atoms with Gasteiger partial charge in [-0.05, 0) is 47.9 Å². The molecule has 0 aliphatic carbocycles. The number of thiazole rings is 1. The van der Waals surface area contributed by atoms with E-state index >= 15 is 0 Å². The number of fused-ring (bicyclic) bond motifs is 2. The van der Waals surface area contributed by atoms with E-state index in [0.29, 0.717) is 6.42 Å². The Kier molecular flexibility index (Phi) is 5.72. The third-order valence-corrected chi connectivity index (χ3v) is 8.28. The van der Waals surface area contributed by atoms with E-state index in [2.05, 4.69) is 24.4 Å². The molecule has 0 bridgehead atoms. The van der Waals surface area contributed by atoms with Crippen molar-refractivity contribution in [3.05, 3.63) is 94.4 Å². The van der Waals surface area contributed by atoms with Gasteiger partial charge in [0, 0.05) is 16.9 Å². The Morgan fingerprint density at radius 2 is 1.74 bits per heavy atom. The highest BCUT2D eigenvalue weighted by Gasteiger charge is 2.22. The van der Waals surface area contributed by atoms with Crippen molar-refractivity contribution in [1.82, 2.24) is 4.98 Å². The fourth-order valence-corrected chi connectivity index (χ4v) is 6.64. The lowest BCUT2D eigenvalue weighted by Gasteiger charge is -2.06. The van der Waals surface area contributed by atoms with Gasteiger partial charge in [0.15, 0.2) is 11.5 Å². The molecular weight excluding hydrogens is 476 g/mol. The quantitative estimate of drug-likeness (QED) is 0.279. The molecule has 0 radical (unpaired) electrons. The largest absolute Gasteiger partial charge is 0.454 e. The molecule has 3 aromatic carbocycles. The maximum atomic E-state index is 13.0. The lowest BCUT2D eigenvalue weighted by molar-refractivity contribution is -0.115. The highest BCUT2D eigenvalue weighted by Crippen LogP contribution is 2.44. The van der Waals surface area contributed by atoms with Crippen molar-refractivity contribution in [1.29, 1.82) is 0 Å². The first-order valence-corrected chi connectivity index (χ1v) is 13.0. The summed E-state index contributed by atoms with van der Waals surface area (Å²) in [7, 11) is 0. The predicted molar refractivity (Wildman–Crippen MR) is 142 cm³/mol. The van der Waals surface area contributed by atoms with E-state index in [1.165, 1.54) is 4.88 Å². The molecule has 0 saturated carbocycles. The van der Waals surface area contributed by atoms with Gasteiger partial charge in [-0.25, -0.2) is 4.98 Å². The number of carbonyl (C=O) groups is 1. The smallest absolute Gasteiger partial charge is 0.231 e. The first kappa shape index (κ1) is 21.8. The summed E-state index contributed by atoms with van der Waals surface area (Å²) >= 11 is 3.27. The van der Waals surface area contributed by atoms with E-state index in [0.717, 1.165) is 60.4 Å². The maximum Gasteiger partial charge on any atom is 0.231 e. The Labute approximate surface area is 211 Å². The molecule has 5 nitrogen and oxygen atoms in total. The van der Waals surface area contributed by atoms with E-state index in [4.69, 9.17) is 14.5 Å². The standard InChI is InChI=1S/C28H22N2O3S2/c1-17-24(14-19-11-12-21-22(13-19)33-16-32-21)35-28(30-25(31)15-18-7-3-2-4-8-18)26(17)27-29-20-9-5-6-10-23(20)34-27/h2-13H,14-16H2,1H3,(H,30,31). The van der Waals surface area contributed by atoms with Crippen LogP contribution in [0.2, 0.25) is 0 Å². The van der Waals surface area contributed by atoms with Crippen LogP contribution in [0.5, 0.6) is 11.5 Å². The molecule has 0 fully saturated rings. The van der Waals surface area contributed by atoms with Crippen molar-refractivity contribution in [3.8, 4) is 22.1 Å². The minimum Gasteiger partial charge on any atom is -0.454 e. The van der Waals surface area contributed by atoms with E-state index in [1.54, 1.807) is 22.7 Å². The zero-order valence-electron chi connectivity index (χ0n) is 19.0. The van der Waals surface area contributed by atoms with Crippen LogP contribution in [-0.2, 0) is 17.6 Å². The number of nitrogens with zero attached hydrogens (tertiary/aromatic N) is 1. The molecule has 5 aromatic rings. The van der Waals surface area contributed by atoms with Crippen LogP contribution in [0.25, 0.3) is 20.8 Å². The van der Waals surface area contributed by atoms with Crippen LogP contribution < -0.4 is 14.8 Å². The number of aromatic nitrogens is 1. The van der Waals surface area contributed by atoms with Crippen LogP contribution in [-0.4, -0.2) is 17.7 Å². The summed E-state index contributed by atoms with van der Waals surface area (Å²) in [5.74, 6) is 1.52. The van der Waals surface area contributed by atoms with Crippen molar-refractivity contribution >= 4 is 43.8 Å². The first-order chi connectivity index (χ1) is 17.1. The zero-order valence-corrected chi connectivity index (χ0v) is 20.7. The Bertz CT molecular complexity index is 1510. The number of nitrogens with one attached hydrogen (secondary N) is 1. The number of anilines is 1. The van der Waals surface area contributed by atoms with Crippen LogP contribution in [0.1, 0.15) is 21.6 Å². The van der Waals surface area contributed by atoms with Gasteiger partial charge >= 0.3 is 0 Å². The number of hydrogen-bond acceptors (Lipinski definition) is 6. The molecule has 7 heteroatoms. The van der Waals surface area contributed by atoms with Gasteiger partial charge in [-0.15, -0.1) is 22.7 Å². The zero-order chi connectivity index (χ0) is 23.8. The van der Waals surface area contributed by atoms with Gasteiger partial charge < -0.3 is 14.8 Å². The summed E-state index contributed by atoms with van der Waals surface area (Å²) in [6.07, 6.45) is 1.06. The molecule has 3 heterocycles. The molecule has 0 spiro atoms. The molecular formula is C28H22N2O3S2. The van der Waals surface area contributed by atoms with Crippen molar-refractivity contribution in [3.63, 3.8) is 0 Å². The summed E-state index contributed by atoms with van der Waals surface area (Å²) in [6, 6.07) is 24.0. The number of amides is 1. The topological polar surface area (TPSA) is 60.5 Å². The SMILES string of the molecule is Cc1c(Cc2ccc3c(c2)OCO3)sc(NC(=O)Cc2ccccc2)c1-c1nc2ccccc2s1. The number of carbonyl (C=O) groups excluding carboxylic acids is 1. The van der Waals surface area contributed by atoms with Gasteiger partial charge in [-0.3, -0.25) is 4.79 Å². The van der Waals surface area contributed by atoms with Crippen molar-refractivity contribution < 1.29 is 14.3 Å². The summed E-state index contributed by atoms with van der Waals surface area (Å²) < 4.78 is 12.2. The lowest BCUT2D eigenvalue weighted by atomic mass is 10.1. The minimum absolute atomic E-state index is 0.0329. The third-order valence-electron chi connectivity index (χ3n) is 6.02. The van der Waals surface area contributed by atoms with Gasteiger partial charge in [-0.1, -0.05) is 48.5 Å². The Morgan fingerprint density at radius 3 is 2.60 bits per heavy atom. The minimum atomic E-state index is -0.0329. The normalized spacial score (nSPS) is 12.3. The molecule has 2 aromatic heterocycles. The molecule has 0 saturated heterocycles. The molecule has 0 atom stereocenters. The molecule has 1 amide bonds. The number of benzene rings is 3. The molecule has 35 heavy (non-hydrogen) atoms. The average Bonchev–Trinajstić information content (AvgIpc) is 3.57. The summed E-state index contributed by atoms with van der Waals surface area (Å²) in [5, 5.41) is 4.96. The van der Waals surface area contributed by atoms with Gasteiger partial charge in [0.2, 0.25) is 12.7 Å². The van der Waals surface area contributed by atoms with Crippen LogP contribution in [0, 0.1) is 6.92 Å². The van der Waals surface area contributed by atoms with E-state index in [-0.39, 0.29) is 12.7 Å². The lowest BCUT2D eigenvalue weighted by Crippen LogP contribution is -2.14. The number of ether oxygens (including phenoxy) is 2. The van der Waals surface area contributed by atoms with Crippen molar-refractivity contribution in [2.45, 2.75) is 19.8 Å². The van der Waals surface area contributed by atoms with Crippen molar-refractivity contribution in [2.24, 2.45) is 0 Å².